The third-order valence-electron chi connectivity index (χ3n) is 8.08. The first-order valence-corrected chi connectivity index (χ1v) is 15.7. The SMILES string of the molecule is CC(C(=O)N1CCCN(C(=O)N[C@@H](C(=O)NC(CCCCN)C(=O)OC(C)(C)C)[C@@H](C)c2c[nH]c3ccccc23)CC1)C(F)(F)F. The van der Waals surface area contributed by atoms with Gasteiger partial charge in [-0.2, -0.15) is 13.2 Å². The van der Waals surface area contributed by atoms with Gasteiger partial charge in [0.2, 0.25) is 11.8 Å². The number of urea groups is 1. The normalized spacial score (nSPS) is 17.1. The molecule has 0 spiro atoms. The number of carbonyl (C=O) groups is 4. The Morgan fingerprint density at radius 3 is 2.28 bits per heavy atom. The molecule has 11 nitrogen and oxygen atoms in total. The number of alkyl halides is 3. The lowest BCUT2D eigenvalue weighted by Gasteiger charge is -2.30. The number of fused-ring (bicyclic) bond motifs is 1. The number of nitrogens with one attached hydrogen (secondary N) is 3. The molecule has 14 heteroatoms. The summed E-state index contributed by atoms with van der Waals surface area (Å²) in [5.74, 6) is -4.96. The Morgan fingerprint density at radius 2 is 1.63 bits per heavy atom. The second-order valence-electron chi connectivity index (χ2n) is 12.8. The number of carbonyl (C=O) groups excluding carboxylic acids is 4. The van der Waals surface area contributed by atoms with Gasteiger partial charge in [-0.1, -0.05) is 25.1 Å². The molecule has 0 radical (unpaired) electrons. The van der Waals surface area contributed by atoms with Gasteiger partial charge < -0.3 is 35.9 Å². The summed E-state index contributed by atoms with van der Waals surface area (Å²) < 4.78 is 45.1. The Labute approximate surface area is 267 Å². The topological polar surface area (TPSA) is 150 Å². The summed E-state index contributed by atoms with van der Waals surface area (Å²) in [7, 11) is 0. The lowest BCUT2D eigenvalue weighted by atomic mass is 9.92. The molecule has 2 unspecified atom stereocenters. The average molecular weight is 653 g/mol. The van der Waals surface area contributed by atoms with Crippen molar-refractivity contribution in [3.05, 3.63) is 36.0 Å². The molecular weight excluding hydrogens is 605 g/mol. The van der Waals surface area contributed by atoms with E-state index in [1.165, 1.54) is 4.90 Å². The molecule has 1 saturated heterocycles. The molecule has 46 heavy (non-hydrogen) atoms. The molecule has 0 bridgehead atoms. The number of amides is 4. The Balaban J connectivity index is 1.85. The fourth-order valence-electron chi connectivity index (χ4n) is 5.42. The van der Waals surface area contributed by atoms with Gasteiger partial charge in [0.25, 0.3) is 0 Å². The number of nitrogens with zero attached hydrogens (tertiary/aromatic N) is 2. The van der Waals surface area contributed by atoms with E-state index in [9.17, 15) is 32.3 Å². The van der Waals surface area contributed by atoms with Crippen molar-refractivity contribution in [2.45, 2.75) is 90.1 Å². The first-order valence-electron chi connectivity index (χ1n) is 15.7. The molecule has 0 saturated carbocycles. The van der Waals surface area contributed by atoms with Crippen LogP contribution in [-0.2, 0) is 19.1 Å². The molecule has 0 aliphatic carbocycles. The van der Waals surface area contributed by atoms with Crippen LogP contribution < -0.4 is 16.4 Å². The number of para-hydroxylation sites is 1. The van der Waals surface area contributed by atoms with Crippen LogP contribution in [-0.4, -0.2) is 95.2 Å². The zero-order valence-corrected chi connectivity index (χ0v) is 27.2. The molecule has 3 rings (SSSR count). The van der Waals surface area contributed by atoms with E-state index in [0.29, 0.717) is 19.4 Å². The first kappa shape index (κ1) is 36.7. The Bertz CT molecular complexity index is 1360. The molecule has 2 aromatic rings. The second kappa shape index (κ2) is 15.7. The predicted octanol–water partition coefficient (Wildman–Crippen LogP) is 4.04. The summed E-state index contributed by atoms with van der Waals surface area (Å²) in [5.41, 5.74) is 6.46. The van der Waals surface area contributed by atoms with E-state index >= 15 is 0 Å². The number of rotatable bonds is 11. The zero-order valence-electron chi connectivity index (χ0n) is 27.2. The van der Waals surface area contributed by atoms with Gasteiger partial charge in [-0.15, -0.1) is 0 Å². The summed E-state index contributed by atoms with van der Waals surface area (Å²) in [4.78, 5) is 58.9. The van der Waals surface area contributed by atoms with Crippen molar-refractivity contribution in [1.29, 1.82) is 0 Å². The maximum atomic E-state index is 14.0. The Hall–Kier alpha value is -3.81. The van der Waals surface area contributed by atoms with E-state index in [1.54, 1.807) is 33.9 Å². The molecular formula is C32H47F3N6O5. The van der Waals surface area contributed by atoms with Gasteiger partial charge in [0, 0.05) is 49.2 Å². The number of aromatic amines is 1. The second-order valence-corrected chi connectivity index (χ2v) is 12.8. The predicted molar refractivity (Wildman–Crippen MR) is 168 cm³/mol. The van der Waals surface area contributed by atoms with Crippen molar-refractivity contribution in [1.82, 2.24) is 25.4 Å². The van der Waals surface area contributed by atoms with E-state index in [0.717, 1.165) is 28.3 Å². The van der Waals surface area contributed by atoms with Gasteiger partial charge in [-0.05, 0) is 71.6 Å². The van der Waals surface area contributed by atoms with Gasteiger partial charge >= 0.3 is 18.2 Å². The first-order chi connectivity index (χ1) is 21.5. The van der Waals surface area contributed by atoms with Crippen molar-refractivity contribution in [3.63, 3.8) is 0 Å². The van der Waals surface area contributed by atoms with Crippen LogP contribution in [0.5, 0.6) is 0 Å². The minimum Gasteiger partial charge on any atom is -0.458 e. The van der Waals surface area contributed by atoms with Crippen LogP contribution in [0.4, 0.5) is 18.0 Å². The van der Waals surface area contributed by atoms with Crippen LogP contribution >= 0.6 is 0 Å². The van der Waals surface area contributed by atoms with Gasteiger partial charge in [-0.3, -0.25) is 9.59 Å². The molecule has 1 aromatic carbocycles. The summed E-state index contributed by atoms with van der Waals surface area (Å²) in [6, 6.07) is 4.78. The summed E-state index contributed by atoms with van der Waals surface area (Å²) in [5, 5.41) is 6.48. The van der Waals surface area contributed by atoms with Crippen LogP contribution in [0.25, 0.3) is 10.9 Å². The van der Waals surface area contributed by atoms with Gasteiger partial charge in [0.15, 0.2) is 0 Å². The number of hydrogen-bond donors (Lipinski definition) is 4. The minimum atomic E-state index is -4.67. The number of ether oxygens (including phenoxy) is 1. The molecule has 1 aliphatic heterocycles. The Morgan fingerprint density at radius 1 is 0.978 bits per heavy atom. The number of halogens is 3. The van der Waals surface area contributed by atoms with E-state index in [2.05, 4.69) is 15.6 Å². The fraction of sp³-hybridized carbons (Fsp3) is 0.625. The van der Waals surface area contributed by atoms with Crippen molar-refractivity contribution >= 4 is 34.7 Å². The van der Waals surface area contributed by atoms with Crippen molar-refractivity contribution in [2.24, 2.45) is 11.7 Å². The molecule has 4 atom stereocenters. The average Bonchev–Trinajstić information content (AvgIpc) is 3.25. The zero-order chi connectivity index (χ0) is 34.2. The maximum Gasteiger partial charge on any atom is 0.400 e. The summed E-state index contributed by atoms with van der Waals surface area (Å²) in [6.07, 6.45) is -1.15. The smallest absolute Gasteiger partial charge is 0.400 e. The largest absolute Gasteiger partial charge is 0.458 e. The highest BCUT2D eigenvalue weighted by Crippen LogP contribution is 2.29. The van der Waals surface area contributed by atoms with Crippen LogP contribution in [0.1, 0.15) is 71.8 Å². The van der Waals surface area contributed by atoms with E-state index in [1.807, 2.05) is 24.3 Å². The van der Waals surface area contributed by atoms with Crippen LogP contribution in [0.15, 0.2) is 30.5 Å². The number of benzene rings is 1. The molecule has 1 aliphatic rings. The Kier molecular flexibility index (Phi) is 12.5. The van der Waals surface area contributed by atoms with Crippen LogP contribution in [0, 0.1) is 5.92 Å². The number of hydrogen-bond acceptors (Lipinski definition) is 6. The van der Waals surface area contributed by atoms with Crippen LogP contribution in [0.2, 0.25) is 0 Å². The molecule has 1 aromatic heterocycles. The lowest BCUT2D eigenvalue weighted by Crippen LogP contribution is -2.56. The number of esters is 1. The fourth-order valence-corrected chi connectivity index (χ4v) is 5.42. The number of aromatic nitrogens is 1. The van der Waals surface area contributed by atoms with Crippen LogP contribution in [0.3, 0.4) is 0 Å². The van der Waals surface area contributed by atoms with Crippen molar-refractivity contribution < 1.29 is 37.1 Å². The van der Waals surface area contributed by atoms with Gasteiger partial charge in [0.05, 0.1) is 0 Å². The lowest BCUT2D eigenvalue weighted by molar-refractivity contribution is -0.185. The third kappa shape index (κ3) is 9.84. The standard InChI is InChI=1S/C32H47F3N6O5/c1-20(23-19-37-24-12-7-6-11-22(23)24)26(27(42)38-25(13-8-9-14-36)29(44)46-31(3,4)5)39-30(45)41-16-10-15-40(17-18-41)28(43)21(2)32(33,34)35/h6-7,11-12,19-21,25-26,37H,8-10,13-18,36H2,1-5H3,(H,38,42)(H,39,45)/t20-,21?,25?,26+/m0/s1. The summed E-state index contributed by atoms with van der Waals surface area (Å²) in [6.45, 7) is 8.36. The highest BCUT2D eigenvalue weighted by molar-refractivity contribution is 5.92. The molecule has 1 fully saturated rings. The monoisotopic (exact) mass is 652 g/mol. The van der Waals surface area contributed by atoms with E-state index in [-0.39, 0.29) is 39.0 Å². The highest BCUT2D eigenvalue weighted by Gasteiger charge is 2.43. The molecule has 2 heterocycles. The molecule has 4 amide bonds. The minimum absolute atomic E-state index is 0.0163. The third-order valence-corrected chi connectivity index (χ3v) is 8.08. The number of nitrogens with two attached hydrogens (primary N) is 1. The van der Waals surface area contributed by atoms with Gasteiger partial charge in [0.1, 0.15) is 23.6 Å². The van der Waals surface area contributed by atoms with E-state index in [4.69, 9.17) is 10.5 Å². The van der Waals surface area contributed by atoms with E-state index < -0.39 is 59.5 Å². The maximum absolute atomic E-state index is 14.0. The molecule has 256 valence electrons. The number of H-pyrrole nitrogens is 1. The summed E-state index contributed by atoms with van der Waals surface area (Å²) >= 11 is 0. The quantitative estimate of drug-likeness (QED) is 0.213. The highest BCUT2D eigenvalue weighted by atomic mass is 19.4. The van der Waals surface area contributed by atoms with Crippen molar-refractivity contribution in [2.75, 3.05) is 32.7 Å². The number of unbranched alkanes of at least 4 members (excludes halogenated alkanes) is 1. The molecule has 5 N–H and O–H groups in total. The van der Waals surface area contributed by atoms with Crippen molar-refractivity contribution in [3.8, 4) is 0 Å². The van der Waals surface area contributed by atoms with Gasteiger partial charge in [-0.25, -0.2) is 9.59 Å².